The molecule has 3 rings (SSSR count). The van der Waals surface area contributed by atoms with E-state index in [9.17, 15) is 9.18 Å². The first-order valence-corrected chi connectivity index (χ1v) is 8.60. The van der Waals surface area contributed by atoms with E-state index in [-0.39, 0.29) is 18.3 Å². The Morgan fingerprint density at radius 2 is 1.81 bits per heavy atom. The van der Waals surface area contributed by atoms with Crippen molar-refractivity contribution in [3.63, 3.8) is 0 Å². The third-order valence-corrected chi connectivity index (χ3v) is 4.47. The number of halogens is 1. The molecule has 1 saturated heterocycles. The van der Waals surface area contributed by atoms with Crippen molar-refractivity contribution in [2.24, 2.45) is 0 Å². The number of carbonyl (C=O) groups is 1. The molecule has 0 spiro atoms. The normalized spacial score (nSPS) is 13.8. The monoisotopic (exact) mass is 369 g/mol. The van der Waals surface area contributed by atoms with Crippen LogP contribution >= 0.6 is 0 Å². The van der Waals surface area contributed by atoms with Gasteiger partial charge in [0.15, 0.2) is 18.1 Å². The fourth-order valence-electron chi connectivity index (χ4n) is 2.95. The van der Waals surface area contributed by atoms with Crippen LogP contribution in [-0.2, 0) is 4.79 Å². The minimum atomic E-state index is -0.261. The molecule has 0 aromatic heterocycles. The van der Waals surface area contributed by atoms with Crippen LogP contribution in [0, 0.1) is 17.1 Å². The summed E-state index contributed by atoms with van der Waals surface area (Å²) in [6.07, 6.45) is 0. The summed E-state index contributed by atoms with van der Waals surface area (Å²) in [6, 6.07) is 13.2. The molecule has 1 aliphatic rings. The number of amides is 1. The van der Waals surface area contributed by atoms with Gasteiger partial charge in [-0.3, -0.25) is 4.79 Å². The molecule has 27 heavy (non-hydrogen) atoms. The predicted octanol–water partition coefficient (Wildman–Crippen LogP) is 2.43. The van der Waals surface area contributed by atoms with E-state index in [0.29, 0.717) is 43.2 Å². The molecule has 0 atom stereocenters. The zero-order valence-corrected chi connectivity index (χ0v) is 15.0. The second-order valence-corrected chi connectivity index (χ2v) is 6.11. The molecule has 1 heterocycles. The van der Waals surface area contributed by atoms with Crippen molar-refractivity contribution < 1.29 is 18.7 Å². The highest BCUT2D eigenvalue weighted by Crippen LogP contribution is 2.28. The smallest absolute Gasteiger partial charge is 0.260 e. The molecule has 0 radical (unpaired) electrons. The van der Waals surface area contributed by atoms with Gasteiger partial charge in [-0.25, -0.2) is 4.39 Å². The molecule has 0 unspecified atom stereocenters. The van der Waals surface area contributed by atoms with Gasteiger partial charge in [0.05, 0.1) is 18.7 Å². The molecule has 0 aliphatic carbocycles. The number of ether oxygens (including phenoxy) is 2. The van der Waals surface area contributed by atoms with E-state index in [2.05, 4.69) is 4.90 Å². The van der Waals surface area contributed by atoms with Gasteiger partial charge in [0, 0.05) is 37.9 Å². The van der Waals surface area contributed by atoms with Gasteiger partial charge in [0.2, 0.25) is 0 Å². The Balaban J connectivity index is 1.53. The van der Waals surface area contributed by atoms with Gasteiger partial charge in [-0.05, 0) is 36.4 Å². The molecule has 1 aliphatic heterocycles. The molecule has 140 valence electrons. The Hall–Kier alpha value is -3.27. The third kappa shape index (κ3) is 4.47. The number of nitrogens with zero attached hydrogens (tertiary/aromatic N) is 3. The van der Waals surface area contributed by atoms with E-state index < -0.39 is 0 Å². The van der Waals surface area contributed by atoms with E-state index in [1.165, 1.54) is 19.2 Å². The molecule has 6 nitrogen and oxygen atoms in total. The first-order chi connectivity index (χ1) is 13.1. The Morgan fingerprint density at radius 1 is 1.11 bits per heavy atom. The van der Waals surface area contributed by atoms with Crippen molar-refractivity contribution in [3.8, 4) is 17.6 Å². The van der Waals surface area contributed by atoms with Crippen molar-refractivity contribution >= 4 is 11.6 Å². The third-order valence-electron chi connectivity index (χ3n) is 4.47. The fraction of sp³-hybridized carbons (Fsp3) is 0.300. The largest absolute Gasteiger partial charge is 0.493 e. The van der Waals surface area contributed by atoms with Crippen molar-refractivity contribution in [3.05, 3.63) is 53.8 Å². The van der Waals surface area contributed by atoms with Crippen LogP contribution in [0.25, 0.3) is 0 Å². The second kappa shape index (κ2) is 8.41. The van der Waals surface area contributed by atoms with E-state index in [1.54, 1.807) is 35.2 Å². The number of carbonyl (C=O) groups excluding carboxylic acids is 1. The van der Waals surface area contributed by atoms with Crippen LogP contribution in [0.15, 0.2) is 42.5 Å². The van der Waals surface area contributed by atoms with Gasteiger partial charge < -0.3 is 19.3 Å². The minimum Gasteiger partial charge on any atom is -0.493 e. The Kier molecular flexibility index (Phi) is 5.77. The van der Waals surface area contributed by atoms with E-state index in [0.717, 1.165) is 5.69 Å². The molecular weight excluding hydrogens is 349 g/mol. The van der Waals surface area contributed by atoms with Crippen molar-refractivity contribution in [1.82, 2.24) is 4.90 Å². The Labute approximate surface area is 157 Å². The van der Waals surface area contributed by atoms with Crippen molar-refractivity contribution in [1.29, 1.82) is 5.26 Å². The maximum atomic E-state index is 13.0. The number of methoxy groups -OCH3 is 1. The molecule has 1 amide bonds. The minimum absolute atomic E-state index is 0.0984. The predicted molar refractivity (Wildman–Crippen MR) is 98.4 cm³/mol. The summed E-state index contributed by atoms with van der Waals surface area (Å²) in [4.78, 5) is 16.3. The number of rotatable bonds is 5. The maximum absolute atomic E-state index is 13.0. The average Bonchev–Trinajstić information content (AvgIpc) is 2.72. The van der Waals surface area contributed by atoms with Crippen LogP contribution in [-0.4, -0.2) is 50.7 Å². The van der Waals surface area contributed by atoms with Crippen molar-refractivity contribution in [2.45, 2.75) is 0 Å². The van der Waals surface area contributed by atoms with Crippen LogP contribution in [0.3, 0.4) is 0 Å². The molecule has 2 aromatic rings. The lowest BCUT2D eigenvalue weighted by molar-refractivity contribution is -0.133. The summed E-state index contributed by atoms with van der Waals surface area (Å²) < 4.78 is 23.8. The lowest BCUT2D eigenvalue weighted by Crippen LogP contribution is -2.50. The molecular formula is C20H20FN3O3. The highest BCUT2D eigenvalue weighted by molar-refractivity contribution is 5.78. The first kappa shape index (κ1) is 18.5. The summed E-state index contributed by atoms with van der Waals surface area (Å²) in [5.74, 6) is 0.473. The van der Waals surface area contributed by atoms with Crippen LogP contribution in [0.5, 0.6) is 11.5 Å². The van der Waals surface area contributed by atoms with E-state index in [4.69, 9.17) is 14.7 Å². The number of hydrogen-bond acceptors (Lipinski definition) is 5. The standard InChI is InChI=1S/C20H20FN3O3/c1-26-19-12-15(13-22)2-7-18(19)27-14-20(25)24-10-8-23(9-11-24)17-5-3-16(21)4-6-17/h2-7,12H,8-11,14H2,1H3. The lowest BCUT2D eigenvalue weighted by Gasteiger charge is -2.36. The Bertz CT molecular complexity index is 841. The summed E-state index contributed by atoms with van der Waals surface area (Å²) >= 11 is 0. The SMILES string of the molecule is COc1cc(C#N)ccc1OCC(=O)N1CCN(c2ccc(F)cc2)CC1. The second-order valence-electron chi connectivity index (χ2n) is 6.11. The van der Waals surface area contributed by atoms with E-state index >= 15 is 0 Å². The number of piperazine rings is 1. The van der Waals surface area contributed by atoms with Gasteiger partial charge in [-0.2, -0.15) is 5.26 Å². The van der Waals surface area contributed by atoms with Crippen LogP contribution in [0.1, 0.15) is 5.56 Å². The zero-order valence-electron chi connectivity index (χ0n) is 15.0. The van der Waals surface area contributed by atoms with Gasteiger partial charge in [0.1, 0.15) is 5.82 Å². The fourth-order valence-corrected chi connectivity index (χ4v) is 2.95. The highest BCUT2D eigenvalue weighted by Gasteiger charge is 2.22. The number of hydrogen-bond donors (Lipinski definition) is 0. The Morgan fingerprint density at radius 3 is 2.44 bits per heavy atom. The summed E-state index contributed by atoms with van der Waals surface area (Å²) in [5, 5.41) is 8.92. The molecule has 0 N–H and O–H groups in total. The molecule has 2 aromatic carbocycles. The molecule has 0 bridgehead atoms. The quantitative estimate of drug-likeness (QED) is 0.810. The number of benzene rings is 2. The summed E-state index contributed by atoms with van der Waals surface area (Å²) in [7, 11) is 1.49. The first-order valence-electron chi connectivity index (χ1n) is 8.60. The number of nitriles is 1. The average molecular weight is 369 g/mol. The maximum Gasteiger partial charge on any atom is 0.260 e. The topological polar surface area (TPSA) is 65.8 Å². The highest BCUT2D eigenvalue weighted by atomic mass is 19.1. The van der Waals surface area contributed by atoms with Crippen LogP contribution in [0.4, 0.5) is 10.1 Å². The van der Waals surface area contributed by atoms with Gasteiger partial charge >= 0.3 is 0 Å². The van der Waals surface area contributed by atoms with Gasteiger partial charge in [-0.1, -0.05) is 0 Å². The van der Waals surface area contributed by atoms with Gasteiger partial charge in [-0.15, -0.1) is 0 Å². The summed E-state index contributed by atoms with van der Waals surface area (Å²) in [5.41, 5.74) is 1.41. The number of anilines is 1. The molecule has 7 heteroatoms. The molecule has 0 saturated carbocycles. The van der Waals surface area contributed by atoms with Crippen LogP contribution < -0.4 is 14.4 Å². The summed E-state index contributed by atoms with van der Waals surface area (Å²) in [6.45, 7) is 2.40. The lowest BCUT2D eigenvalue weighted by atomic mass is 10.2. The van der Waals surface area contributed by atoms with E-state index in [1.807, 2.05) is 6.07 Å². The van der Waals surface area contributed by atoms with Crippen molar-refractivity contribution in [2.75, 3.05) is 44.8 Å². The molecule has 1 fully saturated rings. The van der Waals surface area contributed by atoms with Crippen LogP contribution in [0.2, 0.25) is 0 Å². The zero-order chi connectivity index (χ0) is 19.2. The van der Waals surface area contributed by atoms with Gasteiger partial charge in [0.25, 0.3) is 5.91 Å².